The summed E-state index contributed by atoms with van der Waals surface area (Å²) in [6.07, 6.45) is 0. The van der Waals surface area contributed by atoms with Gasteiger partial charge in [0.2, 0.25) is 0 Å². The Hall–Kier alpha value is -9.88. The molecular weight excluding hydrogens is 1840 g/mol. The molecule has 0 aliphatic heterocycles. The first-order chi connectivity index (χ1) is 67.0. The summed E-state index contributed by atoms with van der Waals surface area (Å²) in [6.45, 7) is 92.3. The molecule has 14 rings (SSSR count). The maximum absolute atomic E-state index is 2.74. The van der Waals surface area contributed by atoms with Crippen LogP contribution in [0.25, 0.3) is 134 Å². The van der Waals surface area contributed by atoms with Crippen LogP contribution in [0.5, 0.6) is 0 Å². The van der Waals surface area contributed by atoms with Crippen LogP contribution >= 0.6 is 0 Å². The summed E-state index contributed by atoms with van der Waals surface area (Å²) in [4.78, 5) is 0. The molecule has 0 bridgehead atoms. The van der Waals surface area contributed by atoms with Crippen LogP contribution in [0.4, 0.5) is 0 Å². The molecular formula is C140H170Se2. The van der Waals surface area contributed by atoms with Crippen LogP contribution in [0.3, 0.4) is 0 Å². The SMILES string of the molecule is CC(C)c1cccc(C(C)C)c1-c1cc(-c2cc(C(C)(C)C)cc(-c3cc(-c4c(C(C)C)cccc4C(C)C)cc(-c4c(C(C)C)cccc4C(C)C)c3)c2[Se][Se]c2c(-c3cc(-c4c(C(C)C)cccc4C(C)C)cc(-c4c(C(C)C)cccc4C(C)C)c3)cc(C(C)(C)C)cc2-c2cc(-c3c(C(C)C)cccc3C(C)C)cc(-c3c(C(C)C)cccc3C(C)C)c2)cc(-c2c(C(C)C)cccc2C(C)C)c1. The molecule has 0 aliphatic rings. The van der Waals surface area contributed by atoms with Crippen LogP contribution in [-0.2, 0) is 10.8 Å². The minimum absolute atomic E-state index is 0.262. The summed E-state index contributed by atoms with van der Waals surface area (Å²) < 4.78 is 2.88. The molecule has 0 saturated heterocycles. The van der Waals surface area contributed by atoms with Crippen molar-refractivity contribution >= 4 is 35.2 Å². The Morgan fingerprint density at radius 3 is 0.331 bits per heavy atom. The van der Waals surface area contributed by atoms with Crippen molar-refractivity contribution in [1.29, 1.82) is 0 Å². The fourth-order valence-corrected chi connectivity index (χ4v) is 30.9. The first-order valence-electron chi connectivity index (χ1n) is 54.4. The molecule has 142 heavy (non-hydrogen) atoms. The number of hydrogen-bond donors (Lipinski definition) is 0. The van der Waals surface area contributed by atoms with Crippen LogP contribution < -0.4 is 8.92 Å². The molecule has 0 radical (unpaired) electrons. The number of hydrogen-bond acceptors (Lipinski definition) is 0. The predicted molar refractivity (Wildman–Crippen MR) is 632 cm³/mol. The van der Waals surface area contributed by atoms with E-state index in [9.17, 15) is 0 Å². The third-order valence-corrected chi connectivity index (χ3v) is 37.6. The van der Waals surface area contributed by atoms with Crippen molar-refractivity contribution in [2.45, 2.75) is 369 Å². The summed E-state index contributed by atoms with van der Waals surface area (Å²) in [5.41, 5.74) is 56.0. The van der Waals surface area contributed by atoms with Crippen molar-refractivity contribution in [3.05, 3.63) is 343 Å². The molecule has 0 amide bonds. The van der Waals surface area contributed by atoms with Gasteiger partial charge < -0.3 is 0 Å². The van der Waals surface area contributed by atoms with E-state index in [1.54, 1.807) is 0 Å². The topological polar surface area (TPSA) is 0 Å². The Morgan fingerprint density at radius 2 is 0.239 bits per heavy atom. The second-order valence-electron chi connectivity index (χ2n) is 48.6. The third kappa shape index (κ3) is 22.4. The van der Waals surface area contributed by atoms with Gasteiger partial charge in [-0.1, -0.05) is 0 Å². The minimum atomic E-state index is -0.308. The van der Waals surface area contributed by atoms with E-state index >= 15 is 0 Å². The van der Waals surface area contributed by atoms with Crippen molar-refractivity contribution in [2.75, 3.05) is 0 Å². The first-order valence-corrected chi connectivity index (χ1v) is 60.4. The van der Waals surface area contributed by atoms with E-state index < -0.39 is 0 Å². The van der Waals surface area contributed by atoms with Gasteiger partial charge in [0.05, 0.1) is 0 Å². The molecule has 14 aromatic carbocycles. The Morgan fingerprint density at radius 1 is 0.141 bits per heavy atom. The normalized spacial score (nSPS) is 12.5. The molecule has 0 nitrogen and oxygen atoms in total. The second-order valence-corrected chi connectivity index (χ2v) is 54.7. The van der Waals surface area contributed by atoms with Gasteiger partial charge in [-0.2, -0.15) is 0 Å². The first kappa shape index (κ1) is 108. The van der Waals surface area contributed by atoms with Crippen molar-refractivity contribution < 1.29 is 0 Å². The van der Waals surface area contributed by atoms with Crippen molar-refractivity contribution in [3.63, 3.8) is 0 Å². The predicted octanol–water partition coefficient (Wildman–Crippen LogP) is 41.5. The van der Waals surface area contributed by atoms with Gasteiger partial charge in [0.15, 0.2) is 0 Å². The van der Waals surface area contributed by atoms with E-state index in [4.69, 9.17) is 0 Å². The fourth-order valence-electron chi connectivity index (χ4n) is 22.6. The molecule has 14 aromatic rings. The molecule has 0 unspecified atom stereocenters. The molecule has 0 saturated carbocycles. The monoisotopic (exact) mass is 2010 g/mol. The van der Waals surface area contributed by atoms with Gasteiger partial charge in [-0.25, -0.2) is 0 Å². The van der Waals surface area contributed by atoms with Gasteiger partial charge in [0, 0.05) is 0 Å². The van der Waals surface area contributed by atoms with Crippen LogP contribution in [0.2, 0.25) is 0 Å². The van der Waals surface area contributed by atoms with E-state index in [1.807, 2.05) is 0 Å². The van der Waals surface area contributed by atoms with Crippen LogP contribution in [0.15, 0.2) is 243 Å². The Bertz CT molecular complexity index is 5580. The van der Waals surface area contributed by atoms with Gasteiger partial charge in [-0.15, -0.1) is 0 Å². The molecule has 0 N–H and O–H groups in total. The summed E-state index contributed by atoms with van der Waals surface area (Å²) in [6, 6.07) is 101. The molecule has 0 fully saturated rings. The van der Waals surface area contributed by atoms with Crippen molar-refractivity contribution in [2.24, 2.45) is 0 Å². The van der Waals surface area contributed by atoms with E-state index in [0.29, 0.717) is 0 Å². The zero-order valence-corrected chi connectivity index (χ0v) is 97.6. The third-order valence-electron chi connectivity index (χ3n) is 30.4. The molecule has 742 valence electrons. The zero-order chi connectivity index (χ0) is 103. The molecule has 2 heteroatoms. The Balaban J connectivity index is 1.27. The molecule has 0 heterocycles. The van der Waals surface area contributed by atoms with Crippen LogP contribution in [-0.4, -0.2) is 26.3 Å². The van der Waals surface area contributed by atoms with Gasteiger partial charge in [0.1, 0.15) is 0 Å². The van der Waals surface area contributed by atoms with Gasteiger partial charge >= 0.3 is 880 Å². The summed E-state index contributed by atoms with van der Waals surface area (Å²) in [7, 11) is 0. The quantitative estimate of drug-likeness (QED) is 0.0380. The van der Waals surface area contributed by atoms with E-state index in [2.05, 4.69) is 506 Å². The summed E-state index contributed by atoms with van der Waals surface area (Å²) >= 11 is -0.615. The van der Waals surface area contributed by atoms with Gasteiger partial charge in [-0.05, 0) is 0 Å². The number of benzene rings is 14. The zero-order valence-electron chi connectivity index (χ0n) is 94.1. The standard InChI is InChI=1S/C140H170Se2/c1-79(2)109-47-39-48-110(80(3)4)129(109)99-63-95(64-100(71-99)130-111(81(5)6)49-40-50-112(130)82(7)8)125-75-107(139(33,34)35)76-126(96-65-101(131-113(83(9)10)51-41-52-114(131)84(11)12)72-102(66-96)132-115(85(13)14)53-42-54-116(132)86(15)16)137(125)141-142-138-127(97-67-103(133-117(87(17)18)55-43-56-118(133)88(19)20)73-104(68-97)134-119(89(21)22)57-44-58-120(134)90(23)24)77-108(140(36,37)38)78-128(138)98-69-105(135-121(91(25)26)59-45-60-122(135)92(27)28)74-106(70-98)136-123(93(29)30)61-46-62-124(136)94(31)32/h39-94H,1-38H3. The van der Waals surface area contributed by atoms with E-state index in [0.717, 1.165) is 0 Å². The van der Waals surface area contributed by atoms with Gasteiger partial charge in [-0.3, -0.25) is 0 Å². The van der Waals surface area contributed by atoms with Crippen molar-refractivity contribution in [3.8, 4) is 134 Å². The van der Waals surface area contributed by atoms with Crippen molar-refractivity contribution in [1.82, 2.24) is 0 Å². The average molecular weight is 2010 g/mol. The number of rotatable bonds is 31. The molecule has 0 aliphatic carbocycles. The fraction of sp³-hybridized carbons (Fsp3) is 0.400. The average Bonchev–Trinajstić information content (AvgIpc) is 0.741. The molecule has 0 aromatic heterocycles. The van der Waals surface area contributed by atoms with E-state index in [-0.39, 0.29) is 132 Å². The summed E-state index contributed by atoms with van der Waals surface area (Å²) in [5, 5.41) is 0. The van der Waals surface area contributed by atoms with E-state index in [1.165, 1.54) is 243 Å². The molecule has 0 spiro atoms. The van der Waals surface area contributed by atoms with Crippen LogP contribution in [0, 0.1) is 0 Å². The Labute approximate surface area is 873 Å². The van der Waals surface area contributed by atoms with Gasteiger partial charge in [0.25, 0.3) is 0 Å². The Kier molecular flexibility index (Phi) is 33.6. The van der Waals surface area contributed by atoms with Crippen LogP contribution in [0.1, 0.15) is 458 Å². The summed E-state index contributed by atoms with van der Waals surface area (Å²) in [5.74, 6) is 4.20. The molecule has 0 atom stereocenters. The second kappa shape index (κ2) is 44.2. The maximum atomic E-state index is 2.74.